The van der Waals surface area contributed by atoms with E-state index in [-0.39, 0.29) is 17.3 Å². The molecule has 0 saturated heterocycles. The molecule has 1 heterocycles. The maximum absolute atomic E-state index is 12.4. The molecular weight excluding hydrogens is 338 g/mol. The van der Waals surface area contributed by atoms with E-state index < -0.39 is 0 Å². The second kappa shape index (κ2) is 7.23. The standard InChI is InChI=1S/C19H16ClN3O2/c1-12-17(20)11-16(18(21)22-12)19(24)23-13-7-9-15(10-8-13)25-14-5-3-2-4-6-14/h2-11H,1H3,(H2,21,22)(H,23,24). The number of halogens is 1. The summed E-state index contributed by atoms with van der Waals surface area (Å²) in [6, 6.07) is 18.0. The van der Waals surface area contributed by atoms with Crippen molar-refractivity contribution in [1.29, 1.82) is 0 Å². The van der Waals surface area contributed by atoms with Gasteiger partial charge in [0.1, 0.15) is 17.3 Å². The lowest BCUT2D eigenvalue weighted by atomic mass is 10.2. The highest BCUT2D eigenvalue weighted by Crippen LogP contribution is 2.24. The monoisotopic (exact) mass is 353 g/mol. The van der Waals surface area contributed by atoms with Gasteiger partial charge in [0.05, 0.1) is 16.3 Å². The summed E-state index contributed by atoms with van der Waals surface area (Å²) in [5.41, 5.74) is 7.23. The summed E-state index contributed by atoms with van der Waals surface area (Å²) in [7, 11) is 0. The molecule has 3 rings (SSSR count). The molecule has 3 aromatic rings. The third kappa shape index (κ3) is 4.08. The van der Waals surface area contributed by atoms with Crippen LogP contribution in [0, 0.1) is 6.92 Å². The minimum Gasteiger partial charge on any atom is -0.457 e. The van der Waals surface area contributed by atoms with E-state index in [0.717, 1.165) is 5.75 Å². The average Bonchev–Trinajstić information content (AvgIpc) is 2.60. The topological polar surface area (TPSA) is 77.2 Å². The number of carbonyl (C=O) groups is 1. The maximum Gasteiger partial charge on any atom is 0.259 e. The van der Waals surface area contributed by atoms with E-state index in [1.807, 2.05) is 30.3 Å². The molecule has 126 valence electrons. The molecule has 1 amide bonds. The number of hydrogen-bond donors (Lipinski definition) is 2. The Morgan fingerprint density at radius 3 is 2.40 bits per heavy atom. The summed E-state index contributed by atoms with van der Waals surface area (Å²) in [6.07, 6.45) is 0. The van der Waals surface area contributed by atoms with Crippen molar-refractivity contribution in [2.75, 3.05) is 11.1 Å². The molecule has 0 aliphatic carbocycles. The van der Waals surface area contributed by atoms with E-state index in [2.05, 4.69) is 10.3 Å². The van der Waals surface area contributed by atoms with Crippen LogP contribution in [0.4, 0.5) is 11.5 Å². The molecule has 1 aromatic heterocycles. The second-order valence-electron chi connectivity index (χ2n) is 5.38. The van der Waals surface area contributed by atoms with Crippen molar-refractivity contribution in [1.82, 2.24) is 4.98 Å². The van der Waals surface area contributed by atoms with E-state index in [1.165, 1.54) is 6.07 Å². The fourth-order valence-electron chi connectivity index (χ4n) is 2.21. The molecule has 0 fully saturated rings. The number of benzene rings is 2. The van der Waals surface area contributed by atoms with E-state index in [4.69, 9.17) is 22.1 Å². The fraction of sp³-hybridized carbons (Fsp3) is 0.0526. The molecule has 6 heteroatoms. The van der Waals surface area contributed by atoms with E-state index in [9.17, 15) is 4.79 Å². The molecule has 25 heavy (non-hydrogen) atoms. The van der Waals surface area contributed by atoms with Crippen LogP contribution in [0.15, 0.2) is 60.7 Å². The van der Waals surface area contributed by atoms with Crippen LogP contribution in [0.1, 0.15) is 16.1 Å². The predicted molar refractivity (Wildman–Crippen MR) is 99.3 cm³/mol. The van der Waals surface area contributed by atoms with E-state index in [1.54, 1.807) is 31.2 Å². The smallest absolute Gasteiger partial charge is 0.259 e. The summed E-state index contributed by atoms with van der Waals surface area (Å²) < 4.78 is 5.71. The molecule has 0 unspecified atom stereocenters. The van der Waals surface area contributed by atoms with Crippen LogP contribution in [-0.2, 0) is 0 Å². The zero-order chi connectivity index (χ0) is 17.8. The molecule has 0 aliphatic heterocycles. The van der Waals surface area contributed by atoms with Gasteiger partial charge < -0.3 is 15.8 Å². The van der Waals surface area contributed by atoms with Gasteiger partial charge in [-0.3, -0.25) is 4.79 Å². The predicted octanol–water partition coefficient (Wildman–Crippen LogP) is 4.67. The number of aromatic nitrogens is 1. The Morgan fingerprint density at radius 2 is 1.72 bits per heavy atom. The van der Waals surface area contributed by atoms with Crippen LogP contribution >= 0.6 is 11.6 Å². The Kier molecular flexibility index (Phi) is 4.86. The van der Waals surface area contributed by atoms with Crippen LogP contribution in [0.3, 0.4) is 0 Å². The van der Waals surface area contributed by atoms with Crippen molar-refractivity contribution >= 4 is 29.0 Å². The lowest BCUT2D eigenvalue weighted by Crippen LogP contribution is -2.15. The number of para-hydroxylation sites is 1. The number of anilines is 2. The molecule has 0 atom stereocenters. The highest BCUT2D eigenvalue weighted by molar-refractivity contribution is 6.31. The van der Waals surface area contributed by atoms with Gasteiger partial charge in [0.25, 0.3) is 5.91 Å². The van der Waals surface area contributed by atoms with Gasteiger partial charge in [-0.05, 0) is 49.4 Å². The average molecular weight is 354 g/mol. The molecule has 0 radical (unpaired) electrons. The van der Waals surface area contributed by atoms with Gasteiger partial charge in [0.2, 0.25) is 0 Å². The van der Waals surface area contributed by atoms with Crippen LogP contribution in [0.25, 0.3) is 0 Å². The number of ether oxygens (including phenoxy) is 1. The third-order valence-electron chi connectivity index (χ3n) is 3.52. The van der Waals surface area contributed by atoms with E-state index >= 15 is 0 Å². The summed E-state index contributed by atoms with van der Waals surface area (Å²) in [6.45, 7) is 1.73. The quantitative estimate of drug-likeness (QED) is 0.714. The van der Waals surface area contributed by atoms with Crippen molar-refractivity contribution in [3.05, 3.63) is 76.9 Å². The summed E-state index contributed by atoms with van der Waals surface area (Å²) >= 11 is 6.02. The highest BCUT2D eigenvalue weighted by Gasteiger charge is 2.13. The number of aryl methyl sites for hydroxylation is 1. The lowest BCUT2D eigenvalue weighted by Gasteiger charge is -2.10. The van der Waals surface area contributed by atoms with Gasteiger partial charge in [-0.15, -0.1) is 0 Å². The van der Waals surface area contributed by atoms with Crippen molar-refractivity contribution in [3.63, 3.8) is 0 Å². The van der Waals surface area contributed by atoms with Crippen LogP contribution < -0.4 is 15.8 Å². The Bertz CT molecular complexity index is 897. The summed E-state index contributed by atoms with van der Waals surface area (Å²) in [5, 5.41) is 3.16. The summed E-state index contributed by atoms with van der Waals surface area (Å²) in [4.78, 5) is 16.4. The molecule has 0 saturated carbocycles. The van der Waals surface area contributed by atoms with Crippen molar-refractivity contribution in [3.8, 4) is 11.5 Å². The zero-order valence-corrected chi connectivity index (χ0v) is 14.2. The first-order chi connectivity index (χ1) is 12.0. The van der Waals surface area contributed by atoms with Gasteiger partial charge in [0, 0.05) is 5.69 Å². The maximum atomic E-state index is 12.4. The molecule has 0 spiro atoms. The van der Waals surface area contributed by atoms with Gasteiger partial charge in [-0.25, -0.2) is 4.98 Å². The van der Waals surface area contributed by atoms with Crippen LogP contribution in [0.2, 0.25) is 5.02 Å². The molecule has 3 N–H and O–H groups in total. The van der Waals surface area contributed by atoms with Crippen LogP contribution in [-0.4, -0.2) is 10.9 Å². The van der Waals surface area contributed by atoms with Gasteiger partial charge >= 0.3 is 0 Å². The Labute approximate surface area is 150 Å². The fourth-order valence-corrected chi connectivity index (χ4v) is 2.36. The number of carbonyl (C=O) groups excluding carboxylic acids is 1. The van der Waals surface area contributed by atoms with Gasteiger partial charge in [-0.2, -0.15) is 0 Å². The normalized spacial score (nSPS) is 10.3. The number of pyridine rings is 1. The first kappa shape index (κ1) is 16.8. The number of nitrogen functional groups attached to an aromatic ring is 1. The van der Waals surface area contributed by atoms with Crippen molar-refractivity contribution in [2.24, 2.45) is 0 Å². The Hall–Kier alpha value is -3.05. The largest absolute Gasteiger partial charge is 0.457 e. The first-order valence-corrected chi connectivity index (χ1v) is 7.97. The lowest BCUT2D eigenvalue weighted by molar-refractivity contribution is 0.102. The molecule has 5 nitrogen and oxygen atoms in total. The first-order valence-electron chi connectivity index (χ1n) is 7.60. The third-order valence-corrected chi connectivity index (χ3v) is 3.90. The minimum absolute atomic E-state index is 0.142. The number of rotatable bonds is 4. The number of hydrogen-bond acceptors (Lipinski definition) is 4. The highest BCUT2D eigenvalue weighted by atomic mass is 35.5. The van der Waals surface area contributed by atoms with Crippen molar-refractivity contribution < 1.29 is 9.53 Å². The minimum atomic E-state index is -0.372. The van der Waals surface area contributed by atoms with Gasteiger partial charge in [-0.1, -0.05) is 29.8 Å². The number of nitrogens with zero attached hydrogens (tertiary/aromatic N) is 1. The van der Waals surface area contributed by atoms with E-state index in [0.29, 0.717) is 22.2 Å². The molecule has 0 bridgehead atoms. The molecule has 2 aromatic carbocycles. The van der Waals surface area contributed by atoms with Gasteiger partial charge in [0.15, 0.2) is 0 Å². The Morgan fingerprint density at radius 1 is 1.08 bits per heavy atom. The zero-order valence-electron chi connectivity index (χ0n) is 13.5. The number of amides is 1. The number of nitrogens with one attached hydrogen (secondary N) is 1. The SMILES string of the molecule is Cc1nc(N)c(C(=O)Nc2ccc(Oc3ccccc3)cc2)cc1Cl. The second-order valence-corrected chi connectivity index (χ2v) is 5.79. The molecule has 0 aliphatic rings. The summed E-state index contributed by atoms with van der Waals surface area (Å²) in [5.74, 6) is 1.18. The number of nitrogens with two attached hydrogens (primary N) is 1. The molecular formula is C19H16ClN3O2. The van der Waals surface area contributed by atoms with Crippen molar-refractivity contribution in [2.45, 2.75) is 6.92 Å². The Balaban J connectivity index is 1.71. The van der Waals surface area contributed by atoms with Crippen LogP contribution in [0.5, 0.6) is 11.5 Å².